The molecule has 4 heterocycles. The van der Waals surface area contributed by atoms with Crippen LogP contribution in [0.3, 0.4) is 0 Å². The van der Waals surface area contributed by atoms with Crippen LogP contribution in [0.2, 0.25) is 0 Å². The Labute approximate surface area is 289 Å². The number of aromatic nitrogens is 4. The molecule has 6 nitrogen and oxygen atoms in total. The fraction of sp³-hybridized carbons (Fsp3) is 0.154. The van der Waals surface area contributed by atoms with E-state index in [0.717, 1.165) is 39.7 Å². The van der Waals surface area contributed by atoms with Crippen molar-refractivity contribution in [1.29, 1.82) is 0 Å². The van der Waals surface area contributed by atoms with E-state index in [1.165, 1.54) is 0 Å². The molecule has 1 aliphatic heterocycles. The summed E-state index contributed by atoms with van der Waals surface area (Å²) in [6.07, 6.45) is 1.65. The molecule has 1 aliphatic rings. The molecule has 3 aromatic heterocycles. The van der Waals surface area contributed by atoms with Gasteiger partial charge in [-0.15, -0.1) is 41.3 Å². The van der Waals surface area contributed by atoms with Gasteiger partial charge in [0.25, 0.3) is 0 Å². The molecule has 0 saturated heterocycles. The Kier molecular flexibility index (Phi) is 6.19. The first-order chi connectivity index (χ1) is 23.4. The molecule has 0 saturated carbocycles. The molecule has 0 radical (unpaired) electrons. The number of imidazole rings is 1. The molecule has 0 bridgehead atoms. The Bertz CT molecular complexity index is 2470. The topological polar surface area (TPSA) is 48.1 Å². The van der Waals surface area contributed by atoms with E-state index in [0.29, 0.717) is 39.1 Å². The van der Waals surface area contributed by atoms with Gasteiger partial charge in [0.05, 0.1) is 5.48 Å². The number of hydrogen-bond acceptors (Lipinski definition) is 4. The predicted molar refractivity (Wildman–Crippen MR) is 180 cm³/mol. The van der Waals surface area contributed by atoms with Crippen LogP contribution in [0.1, 0.15) is 43.2 Å². The van der Waals surface area contributed by atoms with Gasteiger partial charge in [0.15, 0.2) is 0 Å². The van der Waals surface area contributed by atoms with Gasteiger partial charge in [0.1, 0.15) is 5.82 Å². The van der Waals surface area contributed by atoms with Crippen molar-refractivity contribution >= 4 is 33.2 Å². The molecule has 0 amide bonds. The number of pyridine rings is 1. The summed E-state index contributed by atoms with van der Waals surface area (Å²) in [7, 11) is 0. The van der Waals surface area contributed by atoms with Crippen LogP contribution in [0.15, 0.2) is 97.1 Å². The third-order valence-corrected chi connectivity index (χ3v) is 8.36. The maximum atomic E-state index is 8.79. The van der Waals surface area contributed by atoms with Crippen molar-refractivity contribution in [3.8, 4) is 28.7 Å². The number of fused-ring (bicyclic) bond motifs is 6. The zero-order chi connectivity index (χ0) is 34.4. The van der Waals surface area contributed by atoms with Gasteiger partial charge in [0.2, 0.25) is 0 Å². The van der Waals surface area contributed by atoms with Gasteiger partial charge in [0, 0.05) is 55.8 Å². The van der Waals surface area contributed by atoms with Crippen molar-refractivity contribution in [3.05, 3.63) is 133 Å². The van der Waals surface area contributed by atoms with E-state index in [4.69, 9.17) is 15.2 Å². The van der Waals surface area contributed by atoms with Gasteiger partial charge in [-0.05, 0) is 59.9 Å². The molecule has 0 atom stereocenters. The number of para-hydroxylation sites is 2. The molecule has 0 aliphatic carbocycles. The second-order valence-electron chi connectivity index (χ2n) is 12.3. The van der Waals surface area contributed by atoms with Crippen molar-refractivity contribution in [3.63, 3.8) is 0 Å². The first-order valence-electron chi connectivity index (χ1n) is 16.9. The van der Waals surface area contributed by atoms with E-state index in [1.807, 2.05) is 37.3 Å². The van der Waals surface area contributed by atoms with Crippen molar-refractivity contribution in [1.82, 2.24) is 19.1 Å². The molecule has 7 aromatic rings. The van der Waals surface area contributed by atoms with Crippen molar-refractivity contribution in [2.75, 3.05) is 4.90 Å². The molecular weight excluding hydrogens is 750 g/mol. The van der Waals surface area contributed by atoms with Gasteiger partial charge in [-0.25, -0.2) is 4.98 Å². The van der Waals surface area contributed by atoms with E-state index >= 15 is 0 Å². The number of rotatable bonds is 4. The quantitative estimate of drug-likeness (QED) is 0.167. The van der Waals surface area contributed by atoms with Gasteiger partial charge < -0.3 is 23.8 Å². The van der Waals surface area contributed by atoms with E-state index in [1.54, 1.807) is 29.0 Å². The molecule has 46 heavy (non-hydrogen) atoms. The summed E-state index contributed by atoms with van der Waals surface area (Å²) >= 11 is 0. The number of ether oxygens (including phenoxy) is 1. The fourth-order valence-electron chi connectivity index (χ4n) is 5.86. The molecule has 0 spiro atoms. The Hall–Kier alpha value is -4.80. The van der Waals surface area contributed by atoms with E-state index in [9.17, 15) is 0 Å². The zero-order valence-electron chi connectivity index (χ0n) is 30.0. The summed E-state index contributed by atoms with van der Waals surface area (Å²) in [5, 5.41) is 1.02. The van der Waals surface area contributed by atoms with Crippen LogP contribution in [-0.2, 0) is 26.5 Å². The smallest absolute Gasteiger partial charge is 0.135 e. The summed E-state index contributed by atoms with van der Waals surface area (Å²) in [5.74, 6) is 2.31. The van der Waals surface area contributed by atoms with Crippen LogP contribution >= 0.6 is 0 Å². The maximum Gasteiger partial charge on any atom is 0.135 e. The summed E-state index contributed by atoms with van der Waals surface area (Å²) < 4.78 is 44.7. The van der Waals surface area contributed by atoms with Gasteiger partial charge in [-0.3, -0.25) is 0 Å². The van der Waals surface area contributed by atoms with Crippen molar-refractivity contribution in [2.24, 2.45) is 0 Å². The number of nitrogens with zero attached hydrogens (tertiary/aromatic N) is 5. The summed E-state index contributed by atoms with van der Waals surface area (Å²) in [4.78, 5) is 11.5. The van der Waals surface area contributed by atoms with Gasteiger partial charge in [-0.2, -0.15) is 6.07 Å². The van der Waals surface area contributed by atoms with E-state index in [-0.39, 0.29) is 50.6 Å². The standard InChI is InChI=1S/C39H32N5O.Pt/c1-25-26(2)42-24-43(34-14-8-7-13-33(34)38(42)41-25)28-20-27(39(3,4)5)21-30(22-28)45-29-17-18-32-31-12-6-9-15-35(31)44(36(32)23-29)37-16-10-11-19-40-37;/h6-21,24H,1-5H3;/q-3;/i6D,9D,12D,15D;. The first kappa shape index (κ1) is 25.4. The van der Waals surface area contributed by atoms with Crippen LogP contribution < -0.4 is 9.64 Å². The maximum absolute atomic E-state index is 8.79. The van der Waals surface area contributed by atoms with Crippen LogP contribution in [0.4, 0.5) is 11.4 Å². The SMILES string of the molecule is [2H]c1c([2H])c([2H])c2c(c1[2H])c1ccc(Oc3[c-]c(N4[CH-]n5c(nc(C)c5C)-c5ccccc54)cc(C(C)(C)C)c3)[c-]c1n2-c1ccccn1.[Pt]. The normalized spacial score (nSPS) is 13.6. The molecule has 0 unspecified atom stereocenters. The summed E-state index contributed by atoms with van der Waals surface area (Å²) in [5.41, 5.74) is 6.56. The zero-order valence-corrected chi connectivity index (χ0v) is 28.2. The Morgan fingerprint density at radius 2 is 1.70 bits per heavy atom. The fourth-order valence-corrected chi connectivity index (χ4v) is 5.86. The average molecular weight is 786 g/mol. The number of aryl methyl sites for hydroxylation is 1. The molecule has 7 heteroatoms. The minimum Gasteiger partial charge on any atom is -0.509 e. The monoisotopic (exact) mass is 785 g/mol. The Morgan fingerprint density at radius 3 is 2.50 bits per heavy atom. The summed E-state index contributed by atoms with van der Waals surface area (Å²) in [6, 6.07) is 27.4. The second kappa shape index (κ2) is 11.2. The number of benzene rings is 4. The van der Waals surface area contributed by atoms with Crippen LogP contribution in [0, 0.1) is 32.6 Å². The van der Waals surface area contributed by atoms with Crippen LogP contribution in [0.25, 0.3) is 39.0 Å². The third kappa shape index (κ3) is 4.89. The predicted octanol–water partition coefficient (Wildman–Crippen LogP) is 9.47. The average Bonchev–Trinajstić information content (AvgIpc) is 3.59. The molecular formula is C39H32N5OPt-3. The van der Waals surface area contributed by atoms with Gasteiger partial charge >= 0.3 is 0 Å². The van der Waals surface area contributed by atoms with E-state index in [2.05, 4.69) is 79.1 Å². The van der Waals surface area contributed by atoms with Crippen molar-refractivity contribution < 1.29 is 31.3 Å². The second-order valence-corrected chi connectivity index (χ2v) is 12.3. The number of hydrogen-bond donors (Lipinski definition) is 0. The number of anilines is 2. The van der Waals surface area contributed by atoms with Crippen LogP contribution in [0.5, 0.6) is 11.5 Å². The Morgan fingerprint density at radius 1 is 0.891 bits per heavy atom. The molecule has 0 N–H and O–H groups in total. The summed E-state index contributed by atoms with van der Waals surface area (Å²) in [6.45, 7) is 12.6. The Balaban J connectivity index is 0.00000392. The molecule has 8 rings (SSSR count). The van der Waals surface area contributed by atoms with Crippen LogP contribution in [-0.4, -0.2) is 19.1 Å². The van der Waals surface area contributed by atoms with Crippen molar-refractivity contribution in [2.45, 2.75) is 40.0 Å². The first-order valence-corrected chi connectivity index (χ1v) is 14.9. The largest absolute Gasteiger partial charge is 0.509 e. The molecule has 0 fully saturated rings. The minimum atomic E-state index is -0.306. The minimum absolute atomic E-state index is 0. The third-order valence-electron chi connectivity index (χ3n) is 8.36. The van der Waals surface area contributed by atoms with E-state index < -0.39 is 0 Å². The van der Waals surface area contributed by atoms with Gasteiger partial charge in [-0.1, -0.05) is 87.0 Å². The molecule has 232 valence electrons. The molecule has 4 aromatic carbocycles.